The van der Waals surface area contributed by atoms with Crippen LogP contribution in [0, 0.1) is 18.3 Å². The van der Waals surface area contributed by atoms with E-state index >= 15 is 0 Å². The summed E-state index contributed by atoms with van der Waals surface area (Å²) in [5.41, 5.74) is 0. The fraction of sp³-hybridized carbons (Fsp3) is 0.818. The smallest absolute Gasteiger partial charge is 0.0543 e. The van der Waals surface area contributed by atoms with Crippen LogP contribution in [0.4, 0.5) is 0 Å². The molecule has 12 heavy (non-hydrogen) atoms. The highest BCUT2D eigenvalue weighted by Crippen LogP contribution is 2.12. The second-order valence-electron chi connectivity index (χ2n) is 3.49. The van der Waals surface area contributed by atoms with Crippen molar-refractivity contribution in [2.45, 2.75) is 45.6 Å². The fourth-order valence-electron chi connectivity index (χ4n) is 1.17. The number of methoxy groups -OCH3 is 1. The lowest BCUT2D eigenvalue weighted by molar-refractivity contribution is 0.107. The summed E-state index contributed by atoms with van der Waals surface area (Å²) in [5, 5.41) is 0. The number of ether oxygens (including phenoxy) is 1. The molecule has 1 heteroatoms. The maximum Gasteiger partial charge on any atom is 0.0543 e. The van der Waals surface area contributed by atoms with Gasteiger partial charge in [-0.1, -0.05) is 13.3 Å². The van der Waals surface area contributed by atoms with Gasteiger partial charge in [0.2, 0.25) is 0 Å². The zero-order valence-corrected chi connectivity index (χ0v) is 8.47. The Morgan fingerprint density at radius 2 is 2.00 bits per heavy atom. The van der Waals surface area contributed by atoms with Crippen LogP contribution in [0.3, 0.4) is 0 Å². The van der Waals surface area contributed by atoms with Crippen LogP contribution in [0.25, 0.3) is 0 Å². The van der Waals surface area contributed by atoms with Gasteiger partial charge in [0.05, 0.1) is 6.10 Å². The molecule has 2 unspecified atom stereocenters. The van der Waals surface area contributed by atoms with Gasteiger partial charge >= 0.3 is 0 Å². The largest absolute Gasteiger partial charge is 0.382 e. The Labute approximate surface area is 76.5 Å². The van der Waals surface area contributed by atoms with Crippen LogP contribution in [0.15, 0.2) is 0 Å². The molecule has 0 heterocycles. The minimum Gasteiger partial charge on any atom is -0.382 e. The maximum atomic E-state index is 5.21. The minimum absolute atomic E-state index is 0.392. The van der Waals surface area contributed by atoms with Gasteiger partial charge in [0, 0.05) is 13.5 Å². The predicted octanol–water partition coefficient (Wildman–Crippen LogP) is 2.85. The molecule has 0 bridgehead atoms. The van der Waals surface area contributed by atoms with Crippen LogP contribution < -0.4 is 0 Å². The average Bonchev–Trinajstić information content (AvgIpc) is 2.04. The van der Waals surface area contributed by atoms with Gasteiger partial charge in [-0.05, 0) is 25.7 Å². The maximum absolute atomic E-state index is 5.21. The van der Waals surface area contributed by atoms with E-state index in [1.54, 1.807) is 7.11 Å². The second-order valence-corrected chi connectivity index (χ2v) is 3.49. The zero-order chi connectivity index (χ0) is 9.40. The van der Waals surface area contributed by atoms with E-state index in [1.807, 2.05) is 0 Å². The topological polar surface area (TPSA) is 9.23 Å². The van der Waals surface area contributed by atoms with Crippen molar-refractivity contribution in [3.63, 3.8) is 0 Å². The van der Waals surface area contributed by atoms with E-state index in [0.29, 0.717) is 12.0 Å². The lowest BCUT2D eigenvalue weighted by Crippen LogP contribution is -2.05. The van der Waals surface area contributed by atoms with Crippen molar-refractivity contribution >= 4 is 0 Å². The molecule has 0 rings (SSSR count). The molecule has 0 spiro atoms. The lowest BCUT2D eigenvalue weighted by Gasteiger charge is -2.11. The van der Waals surface area contributed by atoms with Gasteiger partial charge in [0.15, 0.2) is 0 Å². The molecule has 0 aliphatic rings. The Morgan fingerprint density at radius 1 is 1.33 bits per heavy atom. The number of terminal acetylenes is 1. The first-order valence-corrected chi connectivity index (χ1v) is 4.67. The van der Waals surface area contributed by atoms with Crippen LogP contribution in [-0.4, -0.2) is 13.2 Å². The van der Waals surface area contributed by atoms with Crippen molar-refractivity contribution in [2.24, 2.45) is 5.92 Å². The summed E-state index contributed by atoms with van der Waals surface area (Å²) in [6.45, 7) is 4.31. The number of rotatable bonds is 6. The fourth-order valence-corrected chi connectivity index (χ4v) is 1.17. The number of hydrogen-bond acceptors (Lipinski definition) is 1. The van der Waals surface area contributed by atoms with Crippen molar-refractivity contribution in [3.05, 3.63) is 0 Å². The molecular formula is C11H20O. The molecular weight excluding hydrogens is 148 g/mol. The molecule has 0 N–H and O–H groups in total. The van der Waals surface area contributed by atoms with E-state index in [4.69, 9.17) is 11.2 Å². The van der Waals surface area contributed by atoms with Crippen LogP contribution in [0.5, 0.6) is 0 Å². The van der Waals surface area contributed by atoms with Gasteiger partial charge in [0.1, 0.15) is 0 Å². The zero-order valence-electron chi connectivity index (χ0n) is 8.47. The van der Waals surface area contributed by atoms with Gasteiger partial charge in [-0.2, -0.15) is 0 Å². The average molecular weight is 168 g/mol. The molecule has 0 aromatic carbocycles. The second kappa shape index (κ2) is 7.18. The third-order valence-corrected chi connectivity index (χ3v) is 2.18. The van der Waals surface area contributed by atoms with Crippen molar-refractivity contribution in [3.8, 4) is 12.3 Å². The summed E-state index contributed by atoms with van der Waals surface area (Å²) in [7, 11) is 1.76. The van der Waals surface area contributed by atoms with Crippen LogP contribution in [0.1, 0.15) is 39.5 Å². The van der Waals surface area contributed by atoms with Crippen LogP contribution in [-0.2, 0) is 4.74 Å². The first kappa shape index (κ1) is 11.5. The third kappa shape index (κ3) is 6.24. The summed E-state index contributed by atoms with van der Waals surface area (Å²) in [5.74, 6) is 3.35. The normalized spacial score (nSPS) is 15.2. The Bertz CT molecular complexity index is 134. The lowest BCUT2D eigenvalue weighted by atomic mass is 10.00. The molecule has 0 aliphatic carbocycles. The molecule has 2 atom stereocenters. The molecule has 0 saturated heterocycles. The van der Waals surface area contributed by atoms with Gasteiger partial charge in [-0.25, -0.2) is 0 Å². The highest BCUT2D eigenvalue weighted by Gasteiger charge is 2.02. The van der Waals surface area contributed by atoms with E-state index < -0.39 is 0 Å². The minimum atomic E-state index is 0.392. The first-order valence-electron chi connectivity index (χ1n) is 4.67. The first-order chi connectivity index (χ1) is 5.70. The van der Waals surface area contributed by atoms with Crippen LogP contribution in [0.2, 0.25) is 0 Å². The van der Waals surface area contributed by atoms with Crippen molar-refractivity contribution in [2.75, 3.05) is 7.11 Å². The molecule has 0 aromatic rings. The summed E-state index contributed by atoms with van der Waals surface area (Å²) < 4.78 is 5.15. The molecule has 0 aliphatic heterocycles. The standard InChI is InChI=1S/C11H20O/c1-5-7-10(2)8-6-9-11(3)12-4/h1,10-11H,6-9H2,2-4H3. The van der Waals surface area contributed by atoms with E-state index in [-0.39, 0.29) is 0 Å². The molecule has 0 aromatic heterocycles. The van der Waals surface area contributed by atoms with Crippen molar-refractivity contribution in [1.29, 1.82) is 0 Å². The van der Waals surface area contributed by atoms with Gasteiger partial charge in [-0.3, -0.25) is 0 Å². The Balaban J connectivity index is 3.25. The highest BCUT2D eigenvalue weighted by atomic mass is 16.5. The van der Waals surface area contributed by atoms with E-state index in [9.17, 15) is 0 Å². The van der Waals surface area contributed by atoms with Crippen molar-refractivity contribution in [1.82, 2.24) is 0 Å². The van der Waals surface area contributed by atoms with Crippen LogP contribution >= 0.6 is 0 Å². The Morgan fingerprint density at radius 3 is 2.50 bits per heavy atom. The molecule has 70 valence electrons. The van der Waals surface area contributed by atoms with Gasteiger partial charge in [0.25, 0.3) is 0 Å². The quantitative estimate of drug-likeness (QED) is 0.554. The van der Waals surface area contributed by atoms with Gasteiger partial charge in [-0.15, -0.1) is 12.3 Å². The summed E-state index contributed by atoms with van der Waals surface area (Å²) >= 11 is 0. The highest BCUT2D eigenvalue weighted by molar-refractivity contribution is 4.85. The SMILES string of the molecule is C#CCC(C)CCCC(C)OC. The van der Waals surface area contributed by atoms with E-state index in [0.717, 1.165) is 12.8 Å². The Kier molecular flexibility index (Phi) is 6.90. The monoisotopic (exact) mass is 168 g/mol. The number of hydrogen-bond donors (Lipinski definition) is 0. The summed E-state index contributed by atoms with van der Waals surface area (Å²) in [6.07, 6.45) is 10.1. The van der Waals surface area contributed by atoms with Gasteiger partial charge < -0.3 is 4.74 Å². The molecule has 0 fully saturated rings. The molecule has 0 amide bonds. The molecule has 1 nitrogen and oxygen atoms in total. The summed E-state index contributed by atoms with van der Waals surface area (Å²) in [4.78, 5) is 0. The van der Waals surface area contributed by atoms with E-state index in [1.165, 1.54) is 12.8 Å². The summed E-state index contributed by atoms with van der Waals surface area (Å²) in [6, 6.07) is 0. The third-order valence-electron chi connectivity index (χ3n) is 2.18. The van der Waals surface area contributed by atoms with E-state index in [2.05, 4.69) is 19.8 Å². The molecule has 0 saturated carbocycles. The molecule has 0 radical (unpaired) electrons. The Hall–Kier alpha value is -0.480. The van der Waals surface area contributed by atoms with Crippen molar-refractivity contribution < 1.29 is 4.74 Å². The predicted molar refractivity (Wildman–Crippen MR) is 52.9 cm³/mol.